The van der Waals surface area contributed by atoms with Gasteiger partial charge in [0.1, 0.15) is 0 Å². The van der Waals surface area contributed by atoms with Crippen molar-refractivity contribution in [3.63, 3.8) is 0 Å². The summed E-state index contributed by atoms with van der Waals surface area (Å²) in [6.45, 7) is 5.65. The Bertz CT molecular complexity index is 802. The molecule has 0 radical (unpaired) electrons. The van der Waals surface area contributed by atoms with Gasteiger partial charge in [-0.25, -0.2) is 9.59 Å². The van der Waals surface area contributed by atoms with Crippen LogP contribution in [0.15, 0.2) is 30.3 Å². The Morgan fingerprint density at radius 1 is 1.11 bits per heavy atom. The zero-order valence-corrected chi connectivity index (χ0v) is 22.8. The Hall–Kier alpha value is -2.32. The van der Waals surface area contributed by atoms with Crippen molar-refractivity contribution in [2.24, 2.45) is 11.8 Å². The van der Waals surface area contributed by atoms with E-state index in [4.69, 9.17) is 9.47 Å². The number of ether oxygens (including phenoxy) is 2. The molecule has 1 aromatic rings. The third kappa shape index (κ3) is 9.82. The number of benzene rings is 1. The highest BCUT2D eigenvalue weighted by atomic mass is 16.5. The van der Waals surface area contributed by atoms with Gasteiger partial charge in [0.15, 0.2) is 0 Å². The number of carbonyl (C=O) groups excluding carboxylic acids is 1. The van der Waals surface area contributed by atoms with Gasteiger partial charge in [0.25, 0.3) is 0 Å². The van der Waals surface area contributed by atoms with E-state index in [0.29, 0.717) is 45.4 Å². The Labute approximate surface area is 222 Å². The summed E-state index contributed by atoms with van der Waals surface area (Å²) in [5, 5.41) is 12.6. The molecule has 0 spiro atoms. The van der Waals surface area contributed by atoms with Gasteiger partial charge in [0.2, 0.25) is 0 Å². The smallest absolute Gasteiger partial charge is 0.407 e. The molecule has 3 amide bonds. The van der Waals surface area contributed by atoms with Gasteiger partial charge >= 0.3 is 12.1 Å². The molecule has 1 aromatic carbocycles. The average Bonchev–Trinajstić information content (AvgIpc) is 2.91. The van der Waals surface area contributed by atoms with Gasteiger partial charge in [-0.2, -0.15) is 0 Å². The third-order valence-corrected chi connectivity index (χ3v) is 7.73. The van der Waals surface area contributed by atoms with E-state index in [0.717, 1.165) is 44.1 Å². The highest BCUT2D eigenvalue weighted by molar-refractivity contribution is 5.74. The monoisotopic (exact) mass is 517 g/mol. The number of nitrogens with one attached hydrogen (secondary N) is 1. The first-order valence-corrected chi connectivity index (χ1v) is 14.2. The van der Waals surface area contributed by atoms with Crippen molar-refractivity contribution < 1.29 is 24.2 Å². The maximum atomic E-state index is 13.4. The summed E-state index contributed by atoms with van der Waals surface area (Å²) in [5.41, 5.74) is 1.14. The summed E-state index contributed by atoms with van der Waals surface area (Å²) in [5.74, 6) is 0.746. The maximum Gasteiger partial charge on any atom is 0.407 e. The lowest BCUT2D eigenvalue weighted by Gasteiger charge is -2.38. The summed E-state index contributed by atoms with van der Waals surface area (Å²) in [6, 6.07) is 10.0. The maximum absolute atomic E-state index is 13.4. The molecule has 1 heterocycles. The summed E-state index contributed by atoms with van der Waals surface area (Å²) < 4.78 is 11.9. The molecule has 3 rings (SSSR count). The van der Waals surface area contributed by atoms with E-state index in [1.807, 2.05) is 30.0 Å². The Morgan fingerprint density at radius 3 is 2.57 bits per heavy atom. The Morgan fingerprint density at radius 2 is 1.86 bits per heavy atom. The lowest BCUT2D eigenvalue weighted by Crippen LogP contribution is -2.52. The van der Waals surface area contributed by atoms with Gasteiger partial charge in [-0.05, 0) is 44.1 Å². The minimum Gasteiger partial charge on any atom is -0.465 e. The largest absolute Gasteiger partial charge is 0.465 e. The number of amides is 3. The molecule has 0 aromatic heterocycles. The van der Waals surface area contributed by atoms with E-state index < -0.39 is 6.09 Å². The second kappa shape index (κ2) is 15.8. The molecule has 1 saturated heterocycles. The third-order valence-electron chi connectivity index (χ3n) is 7.73. The number of nitrogens with zero attached hydrogens (tertiary/aromatic N) is 2. The van der Waals surface area contributed by atoms with Crippen LogP contribution in [0.25, 0.3) is 0 Å². The average molecular weight is 518 g/mol. The number of hydrogen-bond donors (Lipinski definition) is 2. The van der Waals surface area contributed by atoms with Crippen molar-refractivity contribution in [1.82, 2.24) is 15.1 Å². The minimum atomic E-state index is -0.965. The second-order valence-electron chi connectivity index (χ2n) is 10.7. The quantitative estimate of drug-likeness (QED) is 0.335. The molecule has 2 aliphatic rings. The molecule has 2 fully saturated rings. The number of rotatable bonds is 13. The fourth-order valence-electron chi connectivity index (χ4n) is 5.78. The fraction of sp³-hybridized carbons (Fsp3) is 0.724. The van der Waals surface area contributed by atoms with Gasteiger partial charge < -0.3 is 29.7 Å². The van der Waals surface area contributed by atoms with Crippen LogP contribution in [-0.2, 0) is 9.47 Å². The zero-order valence-electron chi connectivity index (χ0n) is 22.8. The van der Waals surface area contributed by atoms with Crippen LogP contribution in [0, 0.1) is 11.8 Å². The summed E-state index contributed by atoms with van der Waals surface area (Å²) in [6.07, 6.45) is 8.59. The summed E-state index contributed by atoms with van der Waals surface area (Å²) in [4.78, 5) is 28.1. The van der Waals surface area contributed by atoms with Gasteiger partial charge in [0.05, 0.1) is 6.10 Å². The lowest BCUT2D eigenvalue weighted by molar-refractivity contribution is -0.0185. The Balaban J connectivity index is 1.63. The van der Waals surface area contributed by atoms with Crippen LogP contribution in [-0.4, -0.2) is 79.6 Å². The molecule has 1 aliphatic heterocycles. The molecule has 1 aliphatic carbocycles. The predicted octanol–water partition coefficient (Wildman–Crippen LogP) is 5.54. The van der Waals surface area contributed by atoms with E-state index in [2.05, 4.69) is 17.4 Å². The minimum absolute atomic E-state index is 0.0744. The molecule has 0 unspecified atom stereocenters. The van der Waals surface area contributed by atoms with Crippen LogP contribution >= 0.6 is 0 Å². The molecular formula is C29H47N3O5. The van der Waals surface area contributed by atoms with Crippen molar-refractivity contribution >= 4 is 12.1 Å². The number of likely N-dealkylation sites (N-methyl/N-ethyl adjacent to an activating group) is 1. The standard InChI is InChI=1S/C29H47N3O5/c1-3-36-18-11-19-37-27(24-14-8-5-9-15-24)25-16-10-17-32(21-25)28(33)30-26(22-31(2)29(34)35)20-23-12-6-4-7-13-23/h5,8-9,14-15,23,25-27H,3-4,6-7,10-13,16-22H2,1-2H3,(H,30,33)(H,34,35)/t25-,26+,27+/m1/s1. The molecule has 2 N–H and O–H groups in total. The van der Waals surface area contributed by atoms with Crippen molar-refractivity contribution in [3.05, 3.63) is 35.9 Å². The molecule has 37 heavy (non-hydrogen) atoms. The fourth-order valence-corrected chi connectivity index (χ4v) is 5.78. The first-order valence-electron chi connectivity index (χ1n) is 14.2. The highest BCUT2D eigenvalue weighted by Crippen LogP contribution is 2.33. The molecule has 208 valence electrons. The first-order chi connectivity index (χ1) is 18.0. The molecular weight excluding hydrogens is 470 g/mol. The van der Waals surface area contributed by atoms with Crippen molar-refractivity contribution in [1.29, 1.82) is 0 Å². The topological polar surface area (TPSA) is 91.3 Å². The van der Waals surface area contributed by atoms with E-state index in [1.165, 1.54) is 24.2 Å². The SMILES string of the molecule is CCOCCCO[C@@H](c1ccccc1)[C@@H]1CCCN(C(=O)N[C@@H](CC2CCCCC2)CN(C)C(=O)O)C1. The van der Waals surface area contributed by atoms with Crippen molar-refractivity contribution in [2.45, 2.75) is 76.9 Å². The van der Waals surface area contributed by atoms with Crippen LogP contribution in [0.3, 0.4) is 0 Å². The van der Waals surface area contributed by atoms with E-state index >= 15 is 0 Å². The van der Waals surface area contributed by atoms with Crippen LogP contribution in [0.1, 0.15) is 76.4 Å². The number of carboxylic acid groups (broad SMARTS) is 1. The number of hydrogen-bond acceptors (Lipinski definition) is 4. The van der Waals surface area contributed by atoms with E-state index in [1.54, 1.807) is 7.05 Å². The van der Waals surface area contributed by atoms with Gasteiger partial charge in [0, 0.05) is 58.5 Å². The van der Waals surface area contributed by atoms with Gasteiger partial charge in [-0.15, -0.1) is 0 Å². The summed E-state index contributed by atoms with van der Waals surface area (Å²) >= 11 is 0. The van der Waals surface area contributed by atoms with Gasteiger partial charge in [-0.1, -0.05) is 62.4 Å². The van der Waals surface area contributed by atoms with E-state index in [9.17, 15) is 14.7 Å². The number of carbonyl (C=O) groups is 2. The molecule has 3 atom stereocenters. The normalized spacial score (nSPS) is 20.3. The second-order valence-corrected chi connectivity index (χ2v) is 10.7. The number of piperidine rings is 1. The molecule has 1 saturated carbocycles. The first kappa shape index (κ1) is 29.2. The van der Waals surface area contributed by atoms with Crippen molar-refractivity contribution in [2.75, 3.05) is 46.5 Å². The van der Waals surface area contributed by atoms with Crippen LogP contribution < -0.4 is 5.32 Å². The lowest BCUT2D eigenvalue weighted by atomic mass is 9.84. The predicted molar refractivity (Wildman–Crippen MR) is 145 cm³/mol. The molecule has 8 nitrogen and oxygen atoms in total. The van der Waals surface area contributed by atoms with Crippen molar-refractivity contribution in [3.8, 4) is 0 Å². The molecule has 0 bridgehead atoms. The van der Waals surface area contributed by atoms with Crippen LogP contribution in [0.4, 0.5) is 9.59 Å². The van der Waals surface area contributed by atoms with Crippen LogP contribution in [0.5, 0.6) is 0 Å². The van der Waals surface area contributed by atoms with Gasteiger partial charge in [-0.3, -0.25) is 0 Å². The van der Waals surface area contributed by atoms with E-state index in [-0.39, 0.29) is 24.1 Å². The molecule has 8 heteroatoms. The number of urea groups is 1. The number of likely N-dealkylation sites (tertiary alicyclic amines) is 1. The highest BCUT2D eigenvalue weighted by Gasteiger charge is 2.32. The van der Waals surface area contributed by atoms with Crippen LogP contribution in [0.2, 0.25) is 0 Å². The zero-order chi connectivity index (χ0) is 26.5. The Kier molecular flexibility index (Phi) is 12.5. The summed E-state index contributed by atoms with van der Waals surface area (Å²) in [7, 11) is 1.58.